The fourth-order valence-electron chi connectivity index (χ4n) is 2.51. The number of hydrogen-bond donors (Lipinski definition) is 0. The first-order valence-electron chi connectivity index (χ1n) is 7.69. The number of aromatic nitrogens is 1. The topological polar surface area (TPSA) is 31.6 Å². The van der Waals surface area contributed by atoms with Gasteiger partial charge in [0, 0.05) is 52.3 Å². The average Bonchev–Trinajstić information content (AvgIpc) is 2.49. The van der Waals surface area contributed by atoms with Gasteiger partial charge in [0.05, 0.1) is 0 Å². The predicted molar refractivity (Wildman–Crippen MR) is 86.0 cm³/mol. The van der Waals surface area contributed by atoms with Crippen molar-refractivity contribution in [3.63, 3.8) is 0 Å². The van der Waals surface area contributed by atoms with Gasteiger partial charge in [0.2, 0.25) is 0 Å². The summed E-state index contributed by atoms with van der Waals surface area (Å²) in [6.07, 6.45) is 5.44. The number of aryl methyl sites for hydroxylation is 1. The fraction of sp³-hybridized carbons (Fsp3) is 0.688. The molecule has 1 aromatic rings. The third kappa shape index (κ3) is 5.86. The first-order valence-corrected chi connectivity index (χ1v) is 9.63. The van der Waals surface area contributed by atoms with E-state index in [2.05, 4.69) is 42.8 Å². The van der Waals surface area contributed by atoms with E-state index in [0.29, 0.717) is 5.92 Å². The maximum Gasteiger partial charge on any atom is 0.500 e. The van der Waals surface area contributed by atoms with Gasteiger partial charge in [-0.2, -0.15) is 0 Å². The lowest BCUT2D eigenvalue weighted by molar-refractivity contribution is -0.704. The zero-order valence-electron chi connectivity index (χ0n) is 14.1. The smallest absolute Gasteiger partial charge is 0.377 e. The van der Waals surface area contributed by atoms with Gasteiger partial charge >= 0.3 is 8.80 Å². The summed E-state index contributed by atoms with van der Waals surface area (Å²) in [6.45, 7) is 5.55. The maximum atomic E-state index is 5.45. The Labute approximate surface area is 130 Å². The van der Waals surface area contributed by atoms with Gasteiger partial charge in [-0.1, -0.05) is 19.9 Å². The molecule has 4 nitrogen and oxygen atoms in total. The molecule has 0 fully saturated rings. The molecule has 0 aliphatic heterocycles. The van der Waals surface area contributed by atoms with Crippen molar-refractivity contribution in [1.82, 2.24) is 0 Å². The maximum absolute atomic E-state index is 5.45. The Hall–Kier alpha value is -0.753. The highest BCUT2D eigenvalue weighted by atomic mass is 28.4. The summed E-state index contributed by atoms with van der Waals surface area (Å²) in [4.78, 5) is 0. The molecule has 0 unspecified atom stereocenters. The Balaban J connectivity index is 2.49. The summed E-state index contributed by atoms with van der Waals surface area (Å²) < 4.78 is 18.7. The van der Waals surface area contributed by atoms with Crippen molar-refractivity contribution in [3.8, 4) is 0 Å². The Bertz CT molecular complexity index is 400. The van der Waals surface area contributed by atoms with Crippen LogP contribution >= 0.6 is 0 Å². The van der Waals surface area contributed by atoms with Crippen molar-refractivity contribution < 1.29 is 17.8 Å². The van der Waals surface area contributed by atoms with Crippen LogP contribution in [0.3, 0.4) is 0 Å². The second-order valence-electron chi connectivity index (χ2n) is 5.74. The lowest BCUT2D eigenvalue weighted by Gasteiger charge is -2.23. The van der Waals surface area contributed by atoms with Gasteiger partial charge in [0.25, 0.3) is 0 Å². The van der Waals surface area contributed by atoms with Crippen molar-refractivity contribution in [3.05, 3.63) is 30.1 Å². The quantitative estimate of drug-likeness (QED) is 0.378. The lowest BCUT2D eigenvalue weighted by atomic mass is 10.1. The SMILES string of the molecule is CO[Si](CCCC[n+]1ccccc1CC(C)C)(OC)OC. The molecule has 0 spiro atoms. The van der Waals surface area contributed by atoms with E-state index in [-0.39, 0.29) is 0 Å². The van der Waals surface area contributed by atoms with Crippen LogP contribution in [0, 0.1) is 5.92 Å². The Morgan fingerprint density at radius 1 is 1.05 bits per heavy atom. The molecule has 0 amide bonds. The van der Waals surface area contributed by atoms with Crippen molar-refractivity contribution in [1.29, 1.82) is 0 Å². The first-order chi connectivity index (χ1) is 10.1. The van der Waals surface area contributed by atoms with Gasteiger partial charge in [-0.3, -0.25) is 0 Å². The summed E-state index contributed by atoms with van der Waals surface area (Å²) >= 11 is 0. The minimum absolute atomic E-state index is 0.675. The van der Waals surface area contributed by atoms with Gasteiger partial charge in [-0.05, 0) is 12.3 Å². The van der Waals surface area contributed by atoms with E-state index in [1.54, 1.807) is 21.3 Å². The second kappa shape index (κ2) is 9.30. The second-order valence-corrected chi connectivity index (χ2v) is 8.83. The molecule has 0 bridgehead atoms. The van der Waals surface area contributed by atoms with Crippen LogP contribution in [0.2, 0.25) is 6.04 Å². The molecule has 21 heavy (non-hydrogen) atoms. The van der Waals surface area contributed by atoms with Gasteiger partial charge in [-0.15, -0.1) is 0 Å². The molecular formula is C16H30NO3Si+. The molecule has 0 aliphatic rings. The van der Waals surface area contributed by atoms with E-state index in [1.807, 2.05) is 0 Å². The van der Waals surface area contributed by atoms with E-state index < -0.39 is 8.80 Å². The van der Waals surface area contributed by atoms with Crippen LogP contribution in [0.5, 0.6) is 0 Å². The molecule has 120 valence electrons. The highest BCUT2D eigenvalue weighted by molar-refractivity contribution is 6.60. The Morgan fingerprint density at radius 3 is 2.29 bits per heavy atom. The van der Waals surface area contributed by atoms with Gasteiger partial charge in [-0.25, -0.2) is 4.57 Å². The lowest BCUT2D eigenvalue weighted by Crippen LogP contribution is -2.43. The van der Waals surface area contributed by atoms with Crippen LogP contribution in [-0.2, 0) is 26.2 Å². The number of pyridine rings is 1. The van der Waals surface area contributed by atoms with E-state index in [1.165, 1.54) is 5.69 Å². The van der Waals surface area contributed by atoms with Crippen molar-refractivity contribution >= 4 is 8.80 Å². The van der Waals surface area contributed by atoms with E-state index in [9.17, 15) is 0 Å². The molecule has 0 radical (unpaired) electrons. The monoisotopic (exact) mass is 312 g/mol. The fourth-order valence-corrected chi connectivity index (χ4v) is 4.31. The van der Waals surface area contributed by atoms with Crippen LogP contribution in [0.1, 0.15) is 32.4 Å². The molecule has 0 saturated heterocycles. The van der Waals surface area contributed by atoms with Crippen LogP contribution < -0.4 is 4.57 Å². The molecular weight excluding hydrogens is 282 g/mol. The normalized spacial score (nSPS) is 12.1. The number of hydrogen-bond acceptors (Lipinski definition) is 3. The van der Waals surface area contributed by atoms with E-state index >= 15 is 0 Å². The van der Waals surface area contributed by atoms with Crippen molar-refractivity contribution in [2.75, 3.05) is 21.3 Å². The molecule has 0 N–H and O–H groups in total. The highest BCUT2D eigenvalue weighted by Gasteiger charge is 2.36. The third-order valence-corrected chi connectivity index (χ3v) is 6.55. The molecule has 1 heterocycles. The first kappa shape index (κ1) is 18.3. The standard InChI is InChI=1S/C16H30NO3Si/c1-15(2)14-16-10-6-7-11-17(16)12-8-9-13-21(18-3,19-4)20-5/h6-7,10-11,15H,8-9,12-14H2,1-5H3/q+1. The molecule has 5 heteroatoms. The average molecular weight is 313 g/mol. The minimum Gasteiger partial charge on any atom is -0.377 e. The summed E-state index contributed by atoms with van der Waals surface area (Å²) in [5.41, 5.74) is 1.40. The Morgan fingerprint density at radius 2 is 1.71 bits per heavy atom. The molecule has 0 saturated carbocycles. The van der Waals surface area contributed by atoms with Crippen LogP contribution in [-0.4, -0.2) is 30.1 Å². The molecule has 0 aromatic carbocycles. The van der Waals surface area contributed by atoms with Gasteiger partial charge in [0.15, 0.2) is 11.9 Å². The van der Waals surface area contributed by atoms with E-state index in [4.69, 9.17) is 13.3 Å². The van der Waals surface area contributed by atoms with Gasteiger partial charge in [0.1, 0.15) is 6.54 Å². The molecule has 1 aromatic heterocycles. The Kier molecular flexibility index (Phi) is 8.10. The summed E-state index contributed by atoms with van der Waals surface area (Å²) in [5.74, 6) is 0.675. The number of rotatable bonds is 10. The summed E-state index contributed by atoms with van der Waals surface area (Å²) in [6, 6.07) is 7.30. The van der Waals surface area contributed by atoms with Gasteiger partial charge < -0.3 is 13.3 Å². The molecule has 0 atom stereocenters. The van der Waals surface area contributed by atoms with Crippen LogP contribution in [0.25, 0.3) is 0 Å². The van der Waals surface area contributed by atoms with Crippen molar-refractivity contribution in [2.45, 2.75) is 45.7 Å². The predicted octanol–water partition coefficient (Wildman–Crippen LogP) is 2.83. The van der Waals surface area contributed by atoms with Crippen LogP contribution in [0.15, 0.2) is 24.4 Å². The van der Waals surface area contributed by atoms with Crippen molar-refractivity contribution in [2.24, 2.45) is 5.92 Å². The zero-order valence-corrected chi connectivity index (χ0v) is 15.1. The summed E-state index contributed by atoms with van der Waals surface area (Å²) in [7, 11) is 2.61. The third-order valence-electron chi connectivity index (χ3n) is 3.72. The van der Waals surface area contributed by atoms with E-state index in [0.717, 1.165) is 31.9 Å². The highest BCUT2D eigenvalue weighted by Crippen LogP contribution is 2.16. The minimum atomic E-state index is -2.40. The van der Waals surface area contributed by atoms with Crippen LogP contribution in [0.4, 0.5) is 0 Å². The number of nitrogens with zero attached hydrogens (tertiary/aromatic N) is 1. The zero-order chi connectivity index (χ0) is 15.7. The molecule has 1 rings (SSSR count). The largest absolute Gasteiger partial charge is 0.500 e. The number of unbranched alkanes of at least 4 members (excludes halogenated alkanes) is 1. The summed E-state index contributed by atoms with van der Waals surface area (Å²) in [5, 5.41) is 0. The molecule has 0 aliphatic carbocycles.